The summed E-state index contributed by atoms with van der Waals surface area (Å²) < 4.78 is 0. The third-order valence-electron chi connectivity index (χ3n) is 2.34. The Morgan fingerprint density at radius 3 is 2.88 bits per heavy atom. The highest BCUT2D eigenvalue weighted by Gasteiger charge is 2.17. The first-order chi connectivity index (χ1) is 7.58. The van der Waals surface area contributed by atoms with Crippen molar-refractivity contribution in [2.24, 2.45) is 10.9 Å². The third-order valence-corrected chi connectivity index (χ3v) is 3.48. The van der Waals surface area contributed by atoms with Crippen LogP contribution in [0.25, 0.3) is 0 Å². The molecule has 6 heteroatoms. The minimum atomic E-state index is -0.121. The number of amidine groups is 1. The quantitative estimate of drug-likeness (QED) is 0.317. The van der Waals surface area contributed by atoms with Crippen LogP contribution in [0.5, 0.6) is 0 Å². The van der Waals surface area contributed by atoms with Gasteiger partial charge >= 0.3 is 0 Å². The molecular weight excluding hydrogens is 224 g/mol. The number of aryl methyl sites for hydroxylation is 1. The van der Waals surface area contributed by atoms with Crippen LogP contribution in [-0.2, 0) is 0 Å². The van der Waals surface area contributed by atoms with E-state index in [4.69, 9.17) is 10.9 Å². The first-order valence-electron chi connectivity index (χ1n) is 5.24. The topological polar surface area (TPSA) is 83.5 Å². The number of aromatic nitrogens is 1. The molecule has 0 spiro atoms. The van der Waals surface area contributed by atoms with Crippen molar-refractivity contribution < 1.29 is 5.21 Å². The van der Waals surface area contributed by atoms with Gasteiger partial charge in [-0.2, -0.15) is 0 Å². The molecule has 1 aromatic heterocycles. The Kier molecular flexibility index (Phi) is 4.70. The second-order valence-electron chi connectivity index (χ2n) is 3.70. The maximum atomic E-state index is 8.63. The fraction of sp³-hybridized carbons (Fsp3) is 0.600. The van der Waals surface area contributed by atoms with Gasteiger partial charge in [-0.15, -0.1) is 11.3 Å². The molecule has 0 aliphatic carbocycles. The number of nitrogens with one attached hydrogen (secondary N) is 1. The molecule has 4 N–H and O–H groups in total. The van der Waals surface area contributed by atoms with E-state index in [0.29, 0.717) is 0 Å². The highest BCUT2D eigenvalue weighted by molar-refractivity contribution is 7.09. The summed E-state index contributed by atoms with van der Waals surface area (Å²) >= 11 is 1.61. The largest absolute Gasteiger partial charge is 0.409 e. The van der Waals surface area contributed by atoms with Crippen LogP contribution in [0.4, 0.5) is 0 Å². The SMILES string of the molecule is CCC(NC(C)c1nc(C)cs1)C(N)=NO. The standard InChI is InChI=1S/C10H18N4OS/c1-4-8(9(11)14-15)13-7(3)10-12-6(2)5-16-10/h5,7-8,13,15H,4H2,1-3H3,(H2,11,14). The molecule has 5 nitrogen and oxygen atoms in total. The molecule has 0 aromatic carbocycles. The molecule has 0 bridgehead atoms. The van der Waals surface area contributed by atoms with Crippen LogP contribution in [0.1, 0.15) is 37.0 Å². The van der Waals surface area contributed by atoms with E-state index < -0.39 is 0 Å². The van der Waals surface area contributed by atoms with E-state index in [1.54, 1.807) is 11.3 Å². The molecule has 0 aliphatic rings. The number of thiazole rings is 1. The molecule has 0 fully saturated rings. The van der Waals surface area contributed by atoms with Gasteiger partial charge < -0.3 is 10.9 Å². The van der Waals surface area contributed by atoms with Crippen LogP contribution in [0, 0.1) is 6.92 Å². The van der Waals surface area contributed by atoms with Crippen LogP contribution in [-0.4, -0.2) is 22.1 Å². The van der Waals surface area contributed by atoms with Crippen LogP contribution in [0.15, 0.2) is 10.5 Å². The Hall–Kier alpha value is -1.14. The van der Waals surface area contributed by atoms with E-state index in [2.05, 4.69) is 15.5 Å². The molecule has 1 rings (SSSR count). The Bertz CT molecular complexity index is 363. The highest BCUT2D eigenvalue weighted by atomic mass is 32.1. The summed E-state index contributed by atoms with van der Waals surface area (Å²) in [5.41, 5.74) is 6.60. The molecule has 0 saturated heterocycles. The Labute approximate surface area is 99.4 Å². The summed E-state index contributed by atoms with van der Waals surface area (Å²) in [5, 5.41) is 18.0. The number of nitrogens with two attached hydrogens (primary N) is 1. The predicted molar refractivity (Wildman–Crippen MR) is 65.9 cm³/mol. The minimum absolute atomic E-state index is 0.101. The molecular formula is C10H18N4OS. The van der Waals surface area contributed by atoms with Gasteiger partial charge in [0.25, 0.3) is 0 Å². The van der Waals surface area contributed by atoms with Gasteiger partial charge in [0, 0.05) is 11.1 Å². The summed E-state index contributed by atoms with van der Waals surface area (Å²) in [6.07, 6.45) is 0.768. The van der Waals surface area contributed by atoms with E-state index in [0.717, 1.165) is 17.1 Å². The first-order valence-corrected chi connectivity index (χ1v) is 6.12. The highest BCUT2D eigenvalue weighted by Crippen LogP contribution is 2.18. The van der Waals surface area contributed by atoms with Crippen molar-refractivity contribution in [1.82, 2.24) is 10.3 Å². The van der Waals surface area contributed by atoms with Crippen molar-refractivity contribution in [2.45, 2.75) is 39.3 Å². The molecule has 0 saturated carbocycles. The number of oxime groups is 1. The molecule has 2 unspecified atom stereocenters. The van der Waals surface area contributed by atoms with Gasteiger partial charge in [0.1, 0.15) is 5.01 Å². The van der Waals surface area contributed by atoms with Crippen molar-refractivity contribution >= 4 is 17.2 Å². The average Bonchev–Trinajstić information content (AvgIpc) is 2.71. The van der Waals surface area contributed by atoms with E-state index in [-0.39, 0.29) is 17.9 Å². The van der Waals surface area contributed by atoms with Crippen molar-refractivity contribution in [1.29, 1.82) is 0 Å². The molecule has 16 heavy (non-hydrogen) atoms. The maximum Gasteiger partial charge on any atom is 0.156 e. The van der Waals surface area contributed by atoms with Gasteiger partial charge in [-0.25, -0.2) is 4.98 Å². The Morgan fingerprint density at radius 2 is 2.44 bits per heavy atom. The van der Waals surface area contributed by atoms with Gasteiger partial charge in [0.2, 0.25) is 0 Å². The Balaban J connectivity index is 2.65. The molecule has 0 amide bonds. The van der Waals surface area contributed by atoms with Gasteiger partial charge in [0.05, 0.1) is 12.1 Å². The molecule has 1 aromatic rings. The monoisotopic (exact) mass is 242 g/mol. The van der Waals surface area contributed by atoms with Crippen molar-refractivity contribution in [3.8, 4) is 0 Å². The summed E-state index contributed by atoms with van der Waals surface area (Å²) in [7, 11) is 0. The minimum Gasteiger partial charge on any atom is -0.409 e. The van der Waals surface area contributed by atoms with Gasteiger partial charge in [0.15, 0.2) is 5.84 Å². The lowest BCUT2D eigenvalue weighted by Gasteiger charge is -2.19. The second kappa shape index (κ2) is 5.81. The molecule has 0 aliphatic heterocycles. The van der Waals surface area contributed by atoms with E-state index in [1.165, 1.54) is 0 Å². The smallest absolute Gasteiger partial charge is 0.156 e. The number of hydrogen-bond acceptors (Lipinski definition) is 5. The summed E-state index contributed by atoms with van der Waals surface area (Å²) in [5.74, 6) is 0.211. The van der Waals surface area contributed by atoms with Crippen LogP contribution in [0.3, 0.4) is 0 Å². The molecule has 0 radical (unpaired) electrons. The zero-order valence-electron chi connectivity index (χ0n) is 9.77. The van der Waals surface area contributed by atoms with Crippen molar-refractivity contribution in [3.05, 3.63) is 16.1 Å². The third kappa shape index (κ3) is 3.18. The van der Waals surface area contributed by atoms with Crippen LogP contribution < -0.4 is 11.1 Å². The van der Waals surface area contributed by atoms with E-state index in [1.807, 2.05) is 26.2 Å². The fourth-order valence-corrected chi connectivity index (χ4v) is 2.24. The lowest BCUT2D eigenvalue weighted by molar-refractivity contribution is 0.313. The van der Waals surface area contributed by atoms with Crippen molar-refractivity contribution in [2.75, 3.05) is 0 Å². The number of hydrogen-bond donors (Lipinski definition) is 3. The first kappa shape index (κ1) is 12.9. The predicted octanol–water partition coefficient (Wildman–Crippen LogP) is 1.63. The zero-order chi connectivity index (χ0) is 12.1. The zero-order valence-corrected chi connectivity index (χ0v) is 10.6. The lowest BCUT2D eigenvalue weighted by Crippen LogP contribution is -2.42. The van der Waals surface area contributed by atoms with Crippen LogP contribution >= 0.6 is 11.3 Å². The lowest BCUT2D eigenvalue weighted by atomic mass is 10.2. The molecule has 90 valence electrons. The Morgan fingerprint density at radius 1 is 1.75 bits per heavy atom. The van der Waals surface area contributed by atoms with Gasteiger partial charge in [-0.3, -0.25) is 5.32 Å². The maximum absolute atomic E-state index is 8.63. The van der Waals surface area contributed by atoms with Crippen LogP contribution in [0.2, 0.25) is 0 Å². The average molecular weight is 242 g/mol. The normalized spacial score (nSPS) is 16.1. The second-order valence-corrected chi connectivity index (χ2v) is 4.59. The fourth-order valence-electron chi connectivity index (χ4n) is 1.43. The summed E-state index contributed by atoms with van der Waals surface area (Å²) in [6, 6.07) is -0.0202. The van der Waals surface area contributed by atoms with Gasteiger partial charge in [-0.1, -0.05) is 12.1 Å². The van der Waals surface area contributed by atoms with Crippen molar-refractivity contribution in [3.63, 3.8) is 0 Å². The van der Waals surface area contributed by atoms with E-state index in [9.17, 15) is 0 Å². The number of rotatable bonds is 5. The molecule has 2 atom stereocenters. The summed E-state index contributed by atoms with van der Waals surface area (Å²) in [6.45, 7) is 5.97. The van der Waals surface area contributed by atoms with E-state index >= 15 is 0 Å². The summed E-state index contributed by atoms with van der Waals surface area (Å²) in [4.78, 5) is 4.40. The van der Waals surface area contributed by atoms with Gasteiger partial charge in [-0.05, 0) is 20.3 Å². The number of nitrogens with zero attached hydrogens (tertiary/aromatic N) is 2. The molecule has 1 heterocycles.